The zero-order chi connectivity index (χ0) is 25.3. The van der Waals surface area contributed by atoms with E-state index >= 15 is 0 Å². The number of benzene rings is 3. The molecule has 0 radical (unpaired) electrons. The highest BCUT2D eigenvalue weighted by Crippen LogP contribution is 2.23. The number of aliphatic hydroxyl groups is 1. The average Bonchev–Trinajstić information content (AvgIpc) is 2.82. The predicted molar refractivity (Wildman–Crippen MR) is 143 cm³/mol. The molecule has 35 heavy (non-hydrogen) atoms. The van der Waals surface area contributed by atoms with Crippen LogP contribution in [-0.2, 0) is 22.9 Å². The van der Waals surface area contributed by atoms with Gasteiger partial charge in [0.1, 0.15) is 18.5 Å². The van der Waals surface area contributed by atoms with Crippen LogP contribution in [0.2, 0.25) is 10.0 Å². The van der Waals surface area contributed by atoms with Crippen LogP contribution >= 0.6 is 23.2 Å². The normalized spacial score (nSPS) is 12.5. The van der Waals surface area contributed by atoms with Gasteiger partial charge in [-0.1, -0.05) is 59.6 Å². The second-order valence-electron chi connectivity index (χ2n) is 8.40. The molecule has 1 atom stereocenters. The minimum absolute atomic E-state index is 0.119. The van der Waals surface area contributed by atoms with Crippen molar-refractivity contribution >= 4 is 38.9 Å². The van der Waals surface area contributed by atoms with Gasteiger partial charge in [0, 0.05) is 25.3 Å². The number of sulfonamides is 1. The van der Waals surface area contributed by atoms with Crippen LogP contribution in [-0.4, -0.2) is 57.0 Å². The lowest BCUT2D eigenvalue weighted by Gasteiger charge is -2.25. The molecule has 0 fully saturated rings. The van der Waals surface area contributed by atoms with Crippen LogP contribution in [0.1, 0.15) is 11.1 Å². The molecule has 3 rings (SSSR count). The largest absolute Gasteiger partial charge is 0.491 e. The molecule has 0 aliphatic rings. The topological polar surface area (TPSA) is 78.9 Å². The van der Waals surface area contributed by atoms with Crippen molar-refractivity contribution < 1.29 is 18.3 Å². The van der Waals surface area contributed by atoms with Gasteiger partial charge in [-0.25, -0.2) is 8.42 Å². The first-order chi connectivity index (χ1) is 16.7. The van der Waals surface area contributed by atoms with Gasteiger partial charge in [0.05, 0.1) is 16.3 Å². The number of hydrogen-bond donors (Lipinski definition) is 2. The fraction of sp³-hybridized carbons (Fsp3) is 0.308. The Bertz CT molecular complexity index is 1180. The standard InChI is InChI=1S/C26H30Cl2N2O4S/c1-35(32,33)29-22-8-10-24(11-9-22)34-19-23(31)18-30(15-13-20-5-3-2-4-6-20)16-14-21-7-12-25(27)26(28)17-21/h2-12,17,23,29,31H,13-16,18-19H2,1H3/t23-/m0/s1. The highest BCUT2D eigenvalue weighted by atomic mass is 35.5. The van der Waals surface area contributed by atoms with Gasteiger partial charge in [0.15, 0.2) is 0 Å². The first-order valence-corrected chi connectivity index (χ1v) is 13.9. The molecule has 0 bridgehead atoms. The van der Waals surface area contributed by atoms with E-state index in [0.29, 0.717) is 28.0 Å². The van der Waals surface area contributed by atoms with Crippen molar-refractivity contribution in [3.63, 3.8) is 0 Å². The lowest BCUT2D eigenvalue weighted by molar-refractivity contribution is 0.0688. The zero-order valence-electron chi connectivity index (χ0n) is 19.5. The predicted octanol–water partition coefficient (Wildman–Crippen LogP) is 4.89. The summed E-state index contributed by atoms with van der Waals surface area (Å²) in [5.74, 6) is 0.551. The van der Waals surface area contributed by atoms with Crippen LogP contribution in [0.5, 0.6) is 5.75 Å². The van der Waals surface area contributed by atoms with Crippen molar-refractivity contribution in [2.24, 2.45) is 0 Å². The Hall–Kier alpha value is -2.29. The van der Waals surface area contributed by atoms with E-state index in [2.05, 4.69) is 21.8 Å². The van der Waals surface area contributed by atoms with Crippen molar-refractivity contribution in [3.05, 3.63) is 94.0 Å². The van der Waals surface area contributed by atoms with Crippen LogP contribution < -0.4 is 9.46 Å². The maximum Gasteiger partial charge on any atom is 0.229 e. The summed E-state index contributed by atoms with van der Waals surface area (Å²) in [6, 6.07) is 22.4. The molecular formula is C26H30Cl2N2O4S. The van der Waals surface area contributed by atoms with Crippen molar-refractivity contribution in [2.75, 3.05) is 37.2 Å². The van der Waals surface area contributed by atoms with Crippen LogP contribution in [0.4, 0.5) is 5.69 Å². The number of aliphatic hydroxyl groups excluding tert-OH is 1. The molecule has 0 saturated carbocycles. The van der Waals surface area contributed by atoms with Gasteiger partial charge in [-0.15, -0.1) is 0 Å². The number of anilines is 1. The zero-order valence-corrected chi connectivity index (χ0v) is 21.9. The lowest BCUT2D eigenvalue weighted by Crippen LogP contribution is -2.38. The van der Waals surface area contributed by atoms with E-state index in [4.69, 9.17) is 27.9 Å². The molecule has 0 heterocycles. The summed E-state index contributed by atoms with van der Waals surface area (Å²) in [5.41, 5.74) is 2.77. The molecule has 2 N–H and O–H groups in total. The molecule has 188 valence electrons. The van der Waals surface area contributed by atoms with E-state index in [1.165, 1.54) is 5.56 Å². The van der Waals surface area contributed by atoms with Crippen molar-refractivity contribution in [2.45, 2.75) is 18.9 Å². The Morgan fingerprint density at radius 2 is 1.57 bits per heavy atom. The SMILES string of the molecule is CS(=O)(=O)Nc1ccc(OC[C@@H](O)CN(CCc2ccccc2)CCc2ccc(Cl)c(Cl)c2)cc1. The minimum atomic E-state index is -3.34. The summed E-state index contributed by atoms with van der Waals surface area (Å²) in [7, 11) is -3.34. The highest BCUT2D eigenvalue weighted by molar-refractivity contribution is 7.92. The fourth-order valence-electron chi connectivity index (χ4n) is 3.59. The van der Waals surface area contributed by atoms with Crippen LogP contribution in [0.15, 0.2) is 72.8 Å². The maximum atomic E-state index is 11.3. The van der Waals surface area contributed by atoms with Gasteiger partial charge in [-0.2, -0.15) is 0 Å². The summed E-state index contributed by atoms with van der Waals surface area (Å²) in [5, 5.41) is 11.7. The number of nitrogens with zero attached hydrogens (tertiary/aromatic N) is 1. The fourth-order valence-corrected chi connectivity index (χ4v) is 4.47. The Morgan fingerprint density at radius 1 is 0.914 bits per heavy atom. The summed E-state index contributed by atoms with van der Waals surface area (Å²) >= 11 is 12.2. The number of hydrogen-bond acceptors (Lipinski definition) is 5. The molecule has 0 unspecified atom stereocenters. The van der Waals surface area contributed by atoms with Gasteiger partial charge in [0.25, 0.3) is 0 Å². The monoisotopic (exact) mass is 536 g/mol. The van der Waals surface area contributed by atoms with E-state index in [0.717, 1.165) is 37.8 Å². The molecule has 0 aliphatic heterocycles. The minimum Gasteiger partial charge on any atom is -0.491 e. The van der Waals surface area contributed by atoms with Crippen LogP contribution in [0.3, 0.4) is 0 Å². The number of nitrogens with one attached hydrogen (secondary N) is 1. The second kappa shape index (κ2) is 13.1. The second-order valence-corrected chi connectivity index (χ2v) is 11.0. The molecule has 0 amide bonds. The van der Waals surface area contributed by atoms with E-state index in [9.17, 15) is 13.5 Å². The molecule has 6 nitrogen and oxygen atoms in total. The molecule has 0 aromatic heterocycles. The van der Waals surface area contributed by atoms with E-state index in [1.807, 2.05) is 30.3 Å². The molecule has 3 aromatic rings. The van der Waals surface area contributed by atoms with Gasteiger partial charge in [-0.05, 0) is 60.4 Å². The van der Waals surface area contributed by atoms with Gasteiger partial charge >= 0.3 is 0 Å². The van der Waals surface area contributed by atoms with Crippen molar-refractivity contribution in [3.8, 4) is 5.75 Å². The first-order valence-electron chi connectivity index (χ1n) is 11.3. The Morgan fingerprint density at radius 3 is 2.20 bits per heavy atom. The first kappa shape index (κ1) is 27.3. The highest BCUT2D eigenvalue weighted by Gasteiger charge is 2.14. The molecule has 3 aromatic carbocycles. The van der Waals surface area contributed by atoms with E-state index in [1.54, 1.807) is 30.3 Å². The van der Waals surface area contributed by atoms with Crippen molar-refractivity contribution in [1.82, 2.24) is 4.90 Å². The Balaban J connectivity index is 1.55. The molecule has 0 saturated heterocycles. The van der Waals surface area contributed by atoms with Crippen LogP contribution in [0.25, 0.3) is 0 Å². The summed E-state index contributed by atoms with van der Waals surface area (Å²) in [4.78, 5) is 2.21. The number of halogens is 2. The molecule has 9 heteroatoms. The third-order valence-corrected chi connectivity index (χ3v) is 6.67. The summed E-state index contributed by atoms with van der Waals surface area (Å²) in [6.45, 7) is 2.09. The lowest BCUT2D eigenvalue weighted by atomic mass is 10.1. The Kier molecular flexibility index (Phi) is 10.2. The number of rotatable bonds is 13. The summed E-state index contributed by atoms with van der Waals surface area (Å²) in [6.07, 6.45) is 2.03. The van der Waals surface area contributed by atoms with Gasteiger partial charge < -0.3 is 9.84 Å². The smallest absolute Gasteiger partial charge is 0.229 e. The van der Waals surface area contributed by atoms with Gasteiger partial charge in [0.2, 0.25) is 10.0 Å². The molecular weight excluding hydrogens is 507 g/mol. The molecule has 0 aliphatic carbocycles. The quantitative estimate of drug-likeness (QED) is 0.325. The van der Waals surface area contributed by atoms with Crippen molar-refractivity contribution in [1.29, 1.82) is 0 Å². The number of ether oxygens (including phenoxy) is 1. The Labute approximate surface area is 217 Å². The van der Waals surface area contributed by atoms with Gasteiger partial charge in [-0.3, -0.25) is 9.62 Å². The maximum absolute atomic E-state index is 11.3. The summed E-state index contributed by atoms with van der Waals surface area (Å²) < 4.78 is 30.8. The third-order valence-electron chi connectivity index (χ3n) is 5.33. The third kappa shape index (κ3) is 10.1. The molecule has 0 spiro atoms. The van der Waals surface area contributed by atoms with Crippen LogP contribution in [0, 0.1) is 0 Å². The van der Waals surface area contributed by atoms with E-state index < -0.39 is 16.1 Å². The average molecular weight is 538 g/mol. The van der Waals surface area contributed by atoms with E-state index in [-0.39, 0.29) is 6.61 Å².